The van der Waals surface area contributed by atoms with Crippen molar-refractivity contribution >= 4 is 5.78 Å². The lowest BCUT2D eigenvalue weighted by molar-refractivity contribution is 0.0926. The van der Waals surface area contributed by atoms with Gasteiger partial charge in [-0.3, -0.25) is 4.79 Å². The first-order chi connectivity index (χ1) is 8.98. The van der Waals surface area contributed by atoms with Crippen molar-refractivity contribution in [3.63, 3.8) is 0 Å². The van der Waals surface area contributed by atoms with Crippen molar-refractivity contribution < 1.29 is 4.79 Å². The fourth-order valence-electron chi connectivity index (χ4n) is 2.60. The van der Waals surface area contributed by atoms with Crippen LogP contribution in [0.2, 0.25) is 0 Å². The molecule has 0 aliphatic heterocycles. The summed E-state index contributed by atoms with van der Waals surface area (Å²) in [5.74, 6) is 0.685. The molecule has 0 aliphatic carbocycles. The molecule has 0 spiro atoms. The third-order valence-electron chi connectivity index (χ3n) is 5.25. The molecule has 0 aromatic heterocycles. The number of carbonyl (C=O) groups excluding carboxylic acids is 1. The molecule has 20 heavy (non-hydrogen) atoms. The van der Waals surface area contributed by atoms with Crippen LogP contribution in [0.15, 0.2) is 0 Å². The van der Waals surface area contributed by atoms with Gasteiger partial charge in [-0.05, 0) is 73.8 Å². The Bertz CT molecular complexity index is 501. The molecule has 0 radical (unpaired) electrons. The fourth-order valence-corrected chi connectivity index (χ4v) is 2.60. The van der Waals surface area contributed by atoms with Gasteiger partial charge in [0.25, 0.3) is 0 Å². The number of Topliss-reactive ketones (excluding diaryl/α,β-unsaturated/α-hetero) is 1. The lowest BCUT2D eigenvalue weighted by Crippen LogP contribution is -2.22. The highest BCUT2D eigenvalue weighted by Gasteiger charge is 2.25. The van der Waals surface area contributed by atoms with Gasteiger partial charge in [0, 0.05) is 12.0 Å². The smallest absolute Gasteiger partial charge is 0.163 e. The van der Waals surface area contributed by atoms with E-state index in [2.05, 4.69) is 62.3 Å². The minimum Gasteiger partial charge on any atom is -0.294 e. The summed E-state index contributed by atoms with van der Waals surface area (Å²) in [4.78, 5) is 12.8. The maximum absolute atomic E-state index is 12.8. The van der Waals surface area contributed by atoms with Crippen LogP contribution in [-0.2, 0) is 0 Å². The second-order valence-electron chi connectivity index (χ2n) is 7.39. The van der Waals surface area contributed by atoms with Crippen LogP contribution >= 0.6 is 0 Å². The molecule has 0 saturated heterocycles. The number of hydrogen-bond donors (Lipinski definition) is 0. The molecule has 112 valence electrons. The number of benzene rings is 1. The molecule has 0 saturated carbocycles. The number of hydrogen-bond acceptors (Lipinski definition) is 1. The van der Waals surface area contributed by atoms with Crippen molar-refractivity contribution in [2.45, 2.75) is 68.7 Å². The van der Waals surface area contributed by atoms with Gasteiger partial charge in [0.15, 0.2) is 5.78 Å². The Hall–Kier alpha value is -1.11. The Morgan fingerprint density at radius 1 is 0.850 bits per heavy atom. The summed E-state index contributed by atoms with van der Waals surface area (Å²) in [6, 6.07) is 0. The SMILES string of the molecule is Cc1c(C)c(C)c(C(=O)CC(C)C(C)(C)C)c(C)c1C. The van der Waals surface area contributed by atoms with E-state index >= 15 is 0 Å². The number of rotatable bonds is 3. The summed E-state index contributed by atoms with van der Waals surface area (Å²) < 4.78 is 0. The highest BCUT2D eigenvalue weighted by molar-refractivity contribution is 5.99. The van der Waals surface area contributed by atoms with Gasteiger partial charge >= 0.3 is 0 Å². The van der Waals surface area contributed by atoms with Crippen LogP contribution < -0.4 is 0 Å². The van der Waals surface area contributed by atoms with Crippen LogP contribution in [0.5, 0.6) is 0 Å². The molecule has 0 aliphatic rings. The van der Waals surface area contributed by atoms with Crippen LogP contribution in [0.3, 0.4) is 0 Å². The molecule has 0 bridgehead atoms. The van der Waals surface area contributed by atoms with Gasteiger partial charge in [-0.25, -0.2) is 0 Å². The molecule has 0 amide bonds. The molecule has 1 atom stereocenters. The Balaban J connectivity index is 3.25. The maximum atomic E-state index is 12.8. The van der Waals surface area contributed by atoms with E-state index in [1.54, 1.807) is 0 Å². The standard InChI is InChI=1S/C19H30O/c1-11(19(7,8)9)10-17(20)18-15(5)13(3)12(2)14(4)16(18)6/h11H,10H2,1-9H3. The van der Waals surface area contributed by atoms with Crippen LogP contribution in [0, 0.1) is 46.0 Å². The van der Waals surface area contributed by atoms with E-state index in [0.717, 1.165) is 16.7 Å². The lowest BCUT2D eigenvalue weighted by atomic mass is 9.77. The van der Waals surface area contributed by atoms with Crippen molar-refractivity contribution in [2.75, 3.05) is 0 Å². The summed E-state index contributed by atoms with van der Waals surface area (Å²) in [6.45, 7) is 19.4. The molecule has 1 nitrogen and oxygen atoms in total. The van der Waals surface area contributed by atoms with E-state index in [0.29, 0.717) is 18.1 Å². The second kappa shape index (κ2) is 5.71. The largest absolute Gasteiger partial charge is 0.294 e. The van der Waals surface area contributed by atoms with E-state index in [1.165, 1.54) is 16.7 Å². The van der Waals surface area contributed by atoms with Gasteiger partial charge in [-0.15, -0.1) is 0 Å². The van der Waals surface area contributed by atoms with Gasteiger partial charge in [0.05, 0.1) is 0 Å². The average molecular weight is 274 g/mol. The Labute approximate surface area is 124 Å². The van der Waals surface area contributed by atoms with Crippen molar-refractivity contribution in [1.29, 1.82) is 0 Å². The minimum absolute atomic E-state index is 0.173. The van der Waals surface area contributed by atoms with Gasteiger partial charge in [-0.2, -0.15) is 0 Å². The first-order valence-corrected chi connectivity index (χ1v) is 7.58. The first kappa shape index (κ1) is 16.9. The minimum atomic E-state index is 0.173. The predicted molar refractivity (Wildman–Crippen MR) is 87.7 cm³/mol. The molecule has 0 N–H and O–H groups in total. The monoisotopic (exact) mass is 274 g/mol. The summed E-state index contributed by atoms with van der Waals surface area (Å²) in [7, 11) is 0. The Morgan fingerprint density at radius 3 is 1.55 bits per heavy atom. The molecule has 1 aromatic carbocycles. The topological polar surface area (TPSA) is 17.1 Å². The average Bonchev–Trinajstić information content (AvgIpc) is 2.33. The van der Waals surface area contributed by atoms with E-state index < -0.39 is 0 Å². The summed E-state index contributed by atoms with van der Waals surface area (Å²) >= 11 is 0. The lowest BCUT2D eigenvalue weighted by Gasteiger charge is -2.27. The normalized spacial score (nSPS) is 13.4. The molecule has 1 heteroatoms. The zero-order chi connectivity index (χ0) is 15.8. The van der Waals surface area contributed by atoms with Crippen molar-refractivity contribution in [2.24, 2.45) is 11.3 Å². The Morgan fingerprint density at radius 2 is 1.20 bits per heavy atom. The molecular formula is C19H30O. The maximum Gasteiger partial charge on any atom is 0.163 e. The molecule has 0 fully saturated rings. The molecule has 1 unspecified atom stereocenters. The van der Waals surface area contributed by atoms with Gasteiger partial charge in [0.2, 0.25) is 0 Å². The second-order valence-corrected chi connectivity index (χ2v) is 7.39. The van der Waals surface area contributed by atoms with Crippen LogP contribution in [-0.4, -0.2) is 5.78 Å². The zero-order valence-corrected chi connectivity index (χ0v) is 14.7. The van der Waals surface area contributed by atoms with E-state index in [-0.39, 0.29) is 5.41 Å². The third-order valence-corrected chi connectivity index (χ3v) is 5.25. The van der Waals surface area contributed by atoms with Gasteiger partial charge < -0.3 is 0 Å². The van der Waals surface area contributed by atoms with Crippen molar-refractivity contribution in [3.8, 4) is 0 Å². The molecule has 0 heterocycles. The summed E-state index contributed by atoms with van der Waals surface area (Å²) in [5, 5.41) is 0. The van der Waals surface area contributed by atoms with Gasteiger partial charge in [-0.1, -0.05) is 27.7 Å². The highest BCUT2D eigenvalue weighted by Crippen LogP contribution is 2.32. The van der Waals surface area contributed by atoms with E-state index in [1.807, 2.05) is 0 Å². The summed E-state index contributed by atoms with van der Waals surface area (Å²) in [6.07, 6.45) is 0.632. The van der Waals surface area contributed by atoms with Crippen LogP contribution in [0.25, 0.3) is 0 Å². The van der Waals surface area contributed by atoms with Crippen LogP contribution in [0.4, 0.5) is 0 Å². The zero-order valence-electron chi connectivity index (χ0n) is 14.7. The molecule has 1 aromatic rings. The highest BCUT2D eigenvalue weighted by atomic mass is 16.1. The van der Waals surface area contributed by atoms with Gasteiger partial charge in [0.1, 0.15) is 0 Å². The number of ketones is 1. The molecular weight excluding hydrogens is 244 g/mol. The quantitative estimate of drug-likeness (QED) is 0.667. The van der Waals surface area contributed by atoms with E-state index in [4.69, 9.17) is 0 Å². The predicted octanol–water partition coefficient (Wildman–Crippen LogP) is 5.48. The van der Waals surface area contributed by atoms with Crippen molar-refractivity contribution in [3.05, 3.63) is 33.4 Å². The Kier molecular flexibility index (Phi) is 4.84. The first-order valence-electron chi connectivity index (χ1n) is 7.58. The van der Waals surface area contributed by atoms with E-state index in [9.17, 15) is 4.79 Å². The molecule has 1 rings (SSSR count). The fraction of sp³-hybridized carbons (Fsp3) is 0.632. The number of carbonyl (C=O) groups is 1. The third kappa shape index (κ3) is 3.13. The summed E-state index contributed by atoms with van der Waals surface area (Å²) in [5.41, 5.74) is 7.31. The van der Waals surface area contributed by atoms with Crippen molar-refractivity contribution in [1.82, 2.24) is 0 Å². The van der Waals surface area contributed by atoms with Crippen LogP contribution in [0.1, 0.15) is 72.3 Å².